The number of anilines is 1. The molecule has 0 bridgehead atoms. The van der Waals surface area contributed by atoms with Crippen LogP contribution in [0.3, 0.4) is 0 Å². The summed E-state index contributed by atoms with van der Waals surface area (Å²) in [4.78, 5) is 14.8. The molecule has 0 amide bonds. The monoisotopic (exact) mass is 373 g/mol. The molecule has 2 aromatic carbocycles. The number of ether oxygens (including phenoxy) is 1. The van der Waals surface area contributed by atoms with Gasteiger partial charge in [0.15, 0.2) is 5.75 Å². The Balaban J connectivity index is 1.88. The van der Waals surface area contributed by atoms with E-state index >= 15 is 0 Å². The van der Waals surface area contributed by atoms with E-state index in [1.165, 1.54) is 18.2 Å². The van der Waals surface area contributed by atoms with Crippen LogP contribution in [0, 0.1) is 10.1 Å². The van der Waals surface area contributed by atoms with Crippen molar-refractivity contribution in [1.29, 1.82) is 0 Å². The Hall–Kier alpha value is -3.20. The molecule has 1 aromatic heterocycles. The number of rotatable bonds is 6. The van der Waals surface area contributed by atoms with Crippen LogP contribution >= 0.6 is 0 Å². The third kappa shape index (κ3) is 4.25. The van der Waals surface area contributed by atoms with Gasteiger partial charge in [0.25, 0.3) is 5.69 Å². The maximum absolute atomic E-state index is 11.5. The minimum absolute atomic E-state index is 0.0322. The van der Waals surface area contributed by atoms with E-state index in [0.717, 1.165) is 17.2 Å². The van der Waals surface area contributed by atoms with Gasteiger partial charge in [0.05, 0.1) is 34.1 Å². The summed E-state index contributed by atoms with van der Waals surface area (Å²) in [7, 11) is -3.56. The molecule has 134 valence electrons. The molecule has 0 saturated heterocycles. The lowest BCUT2D eigenvalue weighted by molar-refractivity contribution is -0.384. The van der Waals surface area contributed by atoms with Gasteiger partial charge < -0.3 is 4.74 Å². The number of pyridine rings is 1. The molecule has 0 spiro atoms. The number of benzene rings is 2. The van der Waals surface area contributed by atoms with Gasteiger partial charge in [-0.15, -0.1) is 0 Å². The van der Waals surface area contributed by atoms with Gasteiger partial charge in [0, 0.05) is 11.5 Å². The number of para-hydroxylation sites is 1. The van der Waals surface area contributed by atoms with Gasteiger partial charge in [0.2, 0.25) is 10.0 Å². The average molecular weight is 373 g/mol. The highest BCUT2D eigenvalue weighted by Crippen LogP contribution is 2.30. The second-order valence-electron chi connectivity index (χ2n) is 5.60. The number of nitro benzene ring substituents is 1. The summed E-state index contributed by atoms with van der Waals surface area (Å²) in [6, 6.07) is 14.9. The highest BCUT2D eigenvalue weighted by atomic mass is 32.2. The van der Waals surface area contributed by atoms with Crippen LogP contribution in [0.5, 0.6) is 5.75 Å². The van der Waals surface area contributed by atoms with Crippen molar-refractivity contribution in [2.24, 2.45) is 0 Å². The first-order valence-electron chi connectivity index (χ1n) is 7.55. The predicted molar refractivity (Wildman–Crippen MR) is 97.6 cm³/mol. The lowest BCUT2D eigenvalue weighted by Crippen LogP contribution is -2.11. The third-order valence-electron chi connectivity index (χ3n) is 3.50. The van der Waals surface area contributed by atoms with Crippen molar-refractivity contribution in [3.05, 3.63) is 70.4 Å². The minimum Gasteiger partial charge on any atom is -0.485 e. The molecule has 0 saturated carbocycles. The highest BCUT2D eigenvalue weighted by molar-refractivity contribution is 7.92. The second kappa shape index (κ2) is 6.96. The van der Waals surface area contributed by atoms with E-state index in [0.29, 0.717) is 5.69 Å². The molecule has 0 atom stereocenters. The summed E-state index contributed by atoms with van der Waals surface area (Å²) in [5.41, 5.74) is 1.33. The van der Waals surface area contributed by atoms with Crippen LogP contribution in [0.15, 0.2) is 54.6 Å². The molecule has 0 aliphatic rings. The van der Waals surface area contributed by atoms with Gasteiger partial charge in [-0.25, -0.2) is 13.4 Å². The van der Waals surface area contributed by atoms with Crippen LogP contribution in [0.4, 0.5) is 11.4 Å². The van der Waals surface area contributed by atoms with Crippen molar-refractivity contribution >= 4 is 32.3 Å². The first-order chi connectivity index (χ1) is 12.3. The summed E-state index contributed by atoms with van der Waals surface area (Å²) in [6.45, 7) is 0.0322. The normalized spacial score (nSPS) is 11.3. The van der Waals surface area contributed by atoms with Gasteiger partial charge in [-0.1, -0.05) is 24.3 Å². The molecule has 1 N–H and O–H groups in total. The van der Waals surface area contributed by atoms with E-state index in [-0.39, 0.29) is 23.7 Å². The van der Waals surface area contributed by atoms with Crippen molar-refractivity contribution in [1.82, 2.24) is 4.98 Å². The average Bonchev–Trinajstić information content (AvgIpc) is 2.59. The molecule has 0 unspecified atom stereocenters. The van der Waals surface area contributed by atoms with Crippen LogP contribution in [-0.4, -0.2) is 24.6 Å². The van der Waals surface area contributed by atoms with Gasteiger partial charge in [-0.2, -0.15) is 0 Å². The Kier molecular flexibility index (Phi) is 4.72. The Morgan fingerprint density at radius 1 is 1.15 bits per heavy atom. The van der Waals surface area contributed by atoms with Crippen molar-refractivity contribution < 1.29 is 18.1 Å². The number of aromatic nitrogens is 1. The first-order valence-corrected chi connectivity index (χ1v) is 9.45. The Bertz CT molecular complexity index is 1080. The molecule has 0 aliphatic carbocycles. The SMILES string of the molecule is CS(=O)(=O)Nc1ccc([N+](=O)[O-])cc1OCc1ccc2ccccc2n1. The van der Waals surface area contributed by atoms with E-state index in [4.69, 9.17) is 4.74 Å². The number of nitrogens with zero attached hydrogens (tertiary/aromatic N) is 2. The van der Waals surface area contributed by atoms with Gasteiger partial charge in [0.1, 0.15) is 6.61 Å². The number of sulfonamides is 1. The summed E-state index contributed by atoms with van der Waals surface area (Å²) in [6.07, 6.45) is 0.989. The molecule has 0 fully saturated rings. The van der Waals surface area contributed by atoms with Crippen LogP contribution in [0.2, 0.25) is 0 Å². The zero-order valence-corrected chi connectivity index (χ0v) is 14.6. The fraction of sp³-hybridized carbons (Fsp3) is 0.118. The molecule has 26 heavy (non-hydrogen) atoms. The highest BCUT2D eigenvalue weighted by Gasteiger charge is 2.15. The van der Waals surface area contributed by atoms with Gasteiger partial charge in [-0.3, -0.25) is 14.8 Å². The minimum atomic E-state index is -3.56. The predicted octanol–water partition coefficient (Wildman–Crippen LogP) is 3.09. The summed E-state index contributed by atoms with van der Waals surface area (Å²) in [5.74, 6) is 0.0552. The molecule has 3 rings (SSSR count). The first kappa shape index (κ1) is 17.6. The summed E-state index contributed by atoms with van der Waals surface area (Å²) in [5, 5.41) is 11.9. The second-order valence-corrected chi connectivity index (χ2v) is 7.34. The molecule has 3 aromatic rings. The zero-order chi connectivity index (χ0) is 18.7. The van der Waals surface area contributed by atoms with Gasteiger partial charge in [-0.05, 0) is 18.2 Å². The summed E-state index contributed by atoms with van der Waals surface area (Å²) >= 11 is 0. The molecule has 9 heteroatoms. The third-order valence-corrected chi connectivity index (χ3v) is 4.09. The zero-order valence-electron chi connectivity index (χ0n) is 13.7. The van der Waals surface area contributed by atoms with Crippen LogP contribution in [-0.2, 0) is 16.6 Å². The van der Waals surface area contributed by atoms with E-state index < -0.39 is 14.9 Å². The number of hydrogen-bond acceptors (Lipinski definition) is 6. The standard InChI is InChI=1S/C17H15N3O5S/c1-26(23,24)19-16-9-8-14(20(21)22)10-17(16)25-11-13-7-6-12-4-2-3-5-15(12)18-13/h2-10,19H,11H2,1H3. The van der Waals surface area contributed by atoms with E-state index in [1.807, 2.05) is 30.3 Å². The Morgan fingerprint density at radius 3 is 2.65 bits per heavy atom. The molecule has 8 nitrogen and oxygen atoms in total. The summed E-state index contributed by atoms with van der Waals surface area (Å²) < 4.78 is 30.9. The number of nitrogens with one attached hydrogen (secondary N) is 1. The fourth-order valence-corrected chi connectivity index (χ4v) is 2.94. The van der Waals surface area contributed by atoms with Crippen LogP contribution in [0.1, 0.15) is 5.69 Å². The number of non-ortho nitro benzene ring substituents is 1. The maximum Gasteiger partial charge on any atom is 0.273 e. The van der Waals surface area contributed by atoms with Crippen molar-refractivity contribution in [3.63, 3.8) is 0 Å². The lowest BCUT2D eigenvalue weighted by atomic mass is 10.2. The van der Waals surface area contributed by atoms with E-state index in [2.05, 4.69) is 9.71 Å². The topological polar surface area (TPSA) is 111 Å². The maximum atomic E-state index is 11.5. The van der Waals surface area contributed by atoms with Crippen molar-refractivity contribution in [2.45, 2.75) is 6.61 Å². The van der Waals surface area contributed by atoms with Crippen molar-refractivity contribution in [2.75, 3.05) is 11.0 Å². The Labute approximate surface area is 149 Å². The van der Waals surface area contributed by atoms with Crippen LogP contribution < -0.4 is 9.46 Å². The Morgan fingerprint density at radius 2 is 1.92 bits per heavy atom. The number of hydrogen-bond donors (Lipinski definition) is 1. The van der Waals surface area contributed by atoms with Crippen LogP contribution in [0.25, 0.3) is 10.9 Å². The van der Waals surface area contributed by atoms with E-state index in [1.54, 1.807) is 6.07 Å². The fourth-order valence-electron chi connectivity index (χ4n) is 2.37. The molecular weight excluding hydrogens is 358 g/mol. The van der Waals surface area contributed by atoms with Gasteiger partial charge >= 0.3 is 0 Å². The molecule has 1 heterocycles. The lowest BCUT2D eigenvalue weighted by Gasteiger charge is -2.12. The largest absolute Gasteiger partial charge is 0.485 e. The molecular formula is C17H15N3O5S. The molecule has 0 aliphatic heterocycles. The number of fused-ring (bicyclic) bond motifs is 1. The van der Waals surface area contributed by atoms with Crippen molar-refractivity contribution in [3.8, 4) is 5.75 Å². The smallest absolute Gasteiger partial charge is 0.273 e. The van der Waals surface area contributed by atoms with E-state index in [9.17, 15) is 18.5 Å². The molecule has 0 radical (unpaired) electrons. The quantitative estimate of drug-likeness (QED) is 0.525. The number of nitro groups is 1.